The first-order valence-electron chi connectivity index (χ1n) is 13.2. The van der Waals surface area contributed by atoms with Gasteiger partial charge in [-0.3, -0.25) is 9.69 Å². The Morgan fingerprint density at radius 1 is 1.15 bits per heavy atom. The van der Waals surface area contributed by atoms with Crippen molar-refractivity contribution in [3.8, 4) is 5.75 Å². The predicted octanol–water partition coefficient (Wildman–Crippen LogP) is 3.39. The third-order valence-corrected chi connectivity index (χ3v) is 8.14. The van der Waals surface area contributed by atoms with Crippen molar-refractivity contribution in [1.82, 2.24) is 20.1 Å². The van der Waals surface area contributed by atoms with Crippen LogP contribution in [-0.2, 0) is 0 Å². The van der Waals surface area contributed by atoms with Crippen molar-refractivity contribution in [2.75, 3.05) is 39.3 Å². The number of aliphatic hydroxyl groups excluding tert-OH is 1. The Bertz CT molecular complexity index is 956. The van der Waals surface area contributed by atoms with Crippen molar-refractivity contribution < 1.29 is 14.6 Å². The lowest BCUT2D eigenvalue weighted by Gasteiger charge is -2.39. The minimum atomic E-state index is -0.119. The molecule has 0 spiro atoms. The Morgan fingerprint density at radius 2 is 1.91 bits per heavy atom. The topological polar surface area (TPSA) is 80.8 Å². The molecule has 1 aliphatic carbocycles. The molecule has 1 amide bonds. The second-order valence-corrected chi connectivity index (χ2v) is 10.7. The van der Waals surface area contributed by atoms with E-state index in [1.54, 1.807) is 0 Å². The highest BCUT2D eigenvalue weighted by Crippen LogP contribution is 2.30. The minimum Gasteiger partial charge on any atom is -0.493 e. The van der Waals surface area contributed by atoms with Crippen molar-refractivity contribution in [2.45, 2.75) is 70.1 Å². The summed E-state index contributed by atoms with van der Waals surface area (Å²) in [5, 5.41) is 14.0. The zero-order valence-corrected chi connectivity index (χ0v) is 20.5. The summed E-state index contributed by atoms with van der Waals surface area (Å²) in [4.78, 5) is 21.3. The van der Waals surface area contributed by atoms with Crippen molar-refractivity contribution in [3.63, 3.8) is 0 Å². The van der Waals surface area contributed by atoms with Crippen LogP contribution in [0.4, 0.5) is 0 Å². The molecule has 1 saturated carbocycles. The van der Waals surface area contributed by atoms with Crippen molar-refractivity contribution >= 4 is 16.8 Å². The number of nitrogens with one attached hydrogen (secondary N) is 2. The SMILES string of the molecule is CC(CN1CCC(NC(=O)c2cc3c(OCC4CCC4)cccc3[nH]2)CC1)N1CCC(O)CC1. The van der Waals surface area contributed by atoms with E-state index < -0.39 is 0 Å². The summed E-state index contributed by atoms with van der Waals surface area (Å²) in [7, 11) is 0. The molecular formula is C27H40N4O3. The van der Waals surface area contributed by atoms with Gasteiger partial charge in [-0.25, -0.2) is 0 Å². The molecule has 7 nitrogen and oxygen atoms in total. The number of aliphatic hydroxyl groups is 1. The van der Waals surface area contributed by atoms with Gasteiger partial charge in [0.1, 0.15) is 11.4 Å². The number of fused-ring (bicyclic) bond motifs is 1. The monoisotopic (exact) mass is 468 g/mol. The number of amides is 1. The van der Waals surface area contributed by atoms with Gasteiger partial charge in [0.25, 0.3) is 5.91 Å². The molecule has 186 valence electrons. The number of carbonyl (C=O) groups is 1. The van der Waals surface area contributed by atoms with Crippen LogP contribution in [0.2, 0.25) is 0 Å². The number of aromatic nitrogens is 1. The molecular weight excluding hydrogens is 428 g/mol. The first-order valence-corrected chi connectivity index (χ1v) is 13.2. The Morgan fingerprint density at radius 3 is 2.62 bits per heavy atom. The van der Waals surface area contributed by atoms with Crippen molar-refractivity contribution in [3.05, 3.63) is 30.0 Å². The summed E-state index contributed by atoms with van der Waals surface area (Å²) in [5.74, 6) is 1.52. The van der Waals surface area contributed by atoms with Gasteiger partial charge in [-0.05, 0) is 69.6 Å². The van der Waals surface area contributed by atoms with Gasteiger partial charge in [0.2, 0.25) is 0 Å². The summed E-state index contributed by atoms with van der Waals surface area (Å²) in [6, 6.07) is 8.65. The number of rotatable bonds is 8. The minimum absolute atomic E-state index is 0.0279. The standard InChI is InChI=1S/C27H40N4O3/c1-19(31-14-10-22(32)11-15-31)17-30-12-8-21(9-13-30)28-27(33)25-16-23-24(29-25)6-3-7-26(23)34-18-20-4-2-5-20/h3,6-7,16,19-22,29,32H,2,4-5,8-15,17-18H2,1H3,(H,28,33). The van der Waals surface area contributed by atoms with Crippen molar-refractivity contribution in [1.29, 1.82) is 0 Å². The van der Waals surface area contributed by atoms with E-state index in [1.165, 1.54) is 19.3 Å². The number of carbonyl (C=O) groups excluding carboxylic acids is 1. The van der Waals surface area contributed by atoms with E-state index in [4.69, 9.17) is 4.74 Å². The van der Waals surface area contributed by atoms with Gasteiger partial charge in [0.15, 0.2) is 0 Å². The van der Waals surface area contributed by atoms with Crippen LogP contribution in [-0.4, -0.2) is 83.3 Å². The number of hydrogen-bond acceptors (Lipinski definition) is 5. The molecule has 3 N–H and O–H groups in total. The predicted molar refractivity (Wildman–Crippen MR) is 134 cm³/mol. The van der Waals surface area contributed by atoms with Crippen molar-refractivity contribution in [2.24, 2.45) is 5.92 Å². The normalized spacial score (nSPS) is 22.5. The van der Waals surface area contributed by atoms with Gasteiger partial charge in [-0.2, -0.15) is 0 Å². The van der Waals surface area contributed by atoms with E-state index in [2.05, 4.69) is 27.0 Å². The number of hydrogen-bond donors (Lipinski definition) is 3. The summed E-state index contributed by atoms with van der Waals surface area (Å²) in [6.07, 6.45) is 7.45. The molecule has 2 saturated heterocycles. The lowest BCUT2D eigenvalue weighted by molar-refractivity contribution is 0.0497. The maximum atomic E-state index is 13.0. The molecule has 5 rings (SSSR count). The van der Waals surface area contributed by atoms with E-state index >= 15 is 0 Å². The molecule has 3 aliphatic rings. The van der Waals surface area contributed by atoms with Gasteiger partial charge in [-0.1, -0.05) is 12.5 Å². The molecule has 1 unspecified atom stereocenters. The summed E-state index contributed by atoms with van der Waals surface area (Å²) < 4.78 is 6.09. The second kappa shape index (κ2) is 10.7. The summed E-state index contributed by atoms with van der Waals surface area (Å²) >= 11 is 0. The lowest BCUT2D eigenvalue weighted by Crippen LogP contribution is -2.50. The van der Waals surface area contributed by atoms with Crippen LogP contribution >= 0.6 is 0 Å². The van der Waals surface area contributed by atoms with Gasteiger partial charge in [0, 0.05) is 55.7 Å². The highest BCUT2D eigenvalue weighted by atomic mass is 16.5. The molecule has 3 fully saturated rings. The Hall–Kier alpha value is -2.09. The highest BCUT2D eigenvalue weighted by molar-refractivity contribution is 5.99. The molecule has 0 radical (unpaired) electrons. The fraction of sp³-hybridized carbons (Fsp3) is 0.667. The number of aromatic amines is 1. The number of H-pyrrole nitrogens is 1. The van der Waals surface area contributed by atoms with E-state index in [9.17, 15) is 9.90 Å². The van der Waals surface area contributed by atoms with E-state index in [1.807, 2.05) is 24.3 Å². The molecule has 2 aliphatic heterocycles. The third kappa shape index (κ3) is 5.58. The number of likely N-dealkylation sites (tertiary alicyclic amines) is 2. The molecule has 1 aromatic heterocycles. The maximum Gasteiger partial charge on any atom is 0.267 e. The van der Waals surface area contributed by atoms with Gasteiger partial charge < -0.3 is 25.0 Å². The van der Waals surface area contributed by atoms with Gasteiger partial charge >= 0.3 is 0 Å². The molecule has 7 heteroatoms. The van der Waals surface area contributed by atoms with Crippen LogP contribution in [0, 0.1) is 5.92 Å². The summed E-state index contributed by atoms with van der Waals surface area (Å²) in [6.45, 7) is 8.13. The van der Waals surface area contributed by atoms with E-state index in [0.29, 0.717) is 17.7 Å². The van der Waals surface area contributed by atoms with E-state index in [0.717, 1.165) is 81.7 Å². The lowest BCUT2D eigenvalue weighted by atomic mass is 9.86. The number of piperidine rings is 2. The summed E-state index contributed by atoms with van der Waals surface area (Å²) in [5.41, 5.74) is 1.56. The molecule has 2 aromatic rings. The fourth-order valence-electron chi connectivity index (χ4n) is 5.58. The maximum absolute atomic E-state index is 13.0. The number of nitrogens with zero attached hydrogens (tertiary/aromatic N) is 2. The first kappa shape index (κ1) is 23.6. The number of benzene rings is 1. The average molecular weight is 469 g/mol. The van der Waals surface area contributed by atoms with Gasteiger partial charge in [-0.15, -0.1) is 0 Å². The smallest absolute Gasteiger partial charge is 0.267 e. The van der Waals surface area contributed by atoms with Gasteiger partial charge in [0.05, 0.1) is 12.7 Å². The Kier molecular flexibility index (Phi) is 7.42. The highest BCUT2D eigenvalue weighted by Gasteiger charge is 2.26. The van der Waals surface area contributed by atoms with E-state index in [-0.39, 0.29) is 18.1 Å². The zero-order valence-electron chi connectivity index (χ0n) is 20.5. The molecule has 34 heavy (non-hydrogen) atoms. The fourth-order valence-corrected chi connectivity index (χ4v) is 5.58. The molecule has 1 atom stereocenters. The first-order chi connectivity index (χ1) is 16.5. The quantitative estimate of drug-likeness (QED) is 0.553. The third-order valence-electron chi connectivity index (χ3n) is 8.14. The Labute approximate surface area is 202 Å². The average Bonchev–Trinajstić information content (AvgIpc) is 3.25. The van der Waals surface area contributed by atoms with Crippen LogP contribution < -0.4 is 10.1 Å². The largest absolute Gasteiger partial charge is 0.493 e. The van der Waals surface area contributed by atoms with Crippen LogP contribution in [0.25, 0.3) is 10.9 Å². The zero-order chi connectivity index (χ0) is 23.5. The molecule has 0 bridgehead atoms. The van der Waals surface area contributed by atoms with Crippen LogP contribution in [0.1, 0.15) is 62.4 Å². The molecule has 3 heterocycles. The molecule has 1 aromatic carbocycles. The van der Waals surface area contributed by atoms with Crippen LogP contribution in [0.3, 0.4) is 0 Å². The van der Waals surface area contributed by atoms with Crippen LogP contribution in [0.15, 0.2) is 24.3 Å². The second-order valence-electron chi connectivity index (χ2n) is 10.7. The number of ether oxygens (including phenoxy) is 1. The van der Waals surface area contributed by atoms with Crippen LogP contribution in [0.5, 0.6) is 5.75 Å². The Balaban J connectivity index is 1.10.